The van der Waals surface area contributed by atoms with Crippen molar-refractivity contribution >= 4 is 21.9 Å². The number of methoxy groups -OCH3 is 1. The molecule has 0 fully saturated rings. The first kappa shape index (κ1) is 10.8. The van der Waals surface area contributed by atoms with Crippen molar-refractivity contribution in [3.63, 3.8) is 0 Å². The molecule has 2 N–H and O–H groups in total. The first-order valence-electron chi connectivity index (χ1n) is 3.81. The summed E-state index contributed by atoms with van der Waals surface area (Å²) in [6.45, 7) is 0. The van der Waals surface area contributed by atoms with Gasteiger partial charge in [-0.05, 0) is 12.1 Å². The minimum atomic E-state index is -0.474. The first-order chi connectivity index (χ1) is 6.54. The number of halogens is 1. The van der Waals surface area contributed by atoms with Crippen LogP contribution in [-0.4, -0.2) is 23.3 Å². The van der Waals surface area contributed by atoms with Crippen molar-refractivity contribution in [2.24, 2.45) is 0 Å². The van der Waals surface area contributed by atoms with Gasteiger partial charge in [0.15, 0.2) is 11.5 Å². The number of hydrogen-bond acceptors (Lipinski definition) is 4. The molecule has 0 atom stereocenters. The first-order valence-corrected chi connectivity index (χ1v) is 4.61. The molecule has 0 bridgehead atoms. The number of benzene rings is 1. The highest BCUT2D eigenvalue weighted by atomic mass is 79.9. The third-order valence-corrected chi connectivity index (χ3v) is 2.15. The summed E-state index contributed by atoms with van der Waals surface area (Å²) in [5.41, 5.74) is 0.323. The Morgan fingerprint density at radius 3 is 2.71 bits per heavy atom. The summed E-state index contributed by atoms with van der Waals surface area (Å²) < 4.78 is 5.03. The van der Waals surface area contributed by atoms with Crippen molar-refractivity contribution < 1.29 is 19.7 Å². The lowest BCUT2D eigenvalue weighted by atomic mass is 10.1. The van der Waals surface area contributed by atoms with Gasteiger partial charge in [0.1, 0.15) is 0 Å². The standard InChI is InChI=1S/C9H9BrO4/c1-14-8(12)3-5-2-6(10)4-7(11)9(5)13/h2,4,11,13H,3H2,1H3. The van der Waals surface area contributed by atoms with Crippen molar-refractivity contribution in [2.45, 2.75) is 6.42 Å². The van der Waals surface area contributed by atoms with Gasteiger partial charge in [-0.25, -0.2) is 0 Å². The number of ether oxygens (including phenoxy) is 1. The maximum atomic E-state index is 10.9. The van der Waals surface area contributed by atoms with Crippen LogP contribution < -0.4 is 0 Å². The van der Waals surface area contributed by atoms with E-state index in [1.54, 1.807) is 6.07 Å². The van der Waals surface area contributed by atoms with Crippen molar-refractivity contribution in [2.75, 3.05) is 7.11 Å². The van der Waals surface area contributed by atoms with E-state index in [0.29, 0.717) is 10.0 Å². The van der Waals surface area contributed by atoms with E-state index in [1.165, 1.54) is 13.2 Å². The molecular formula is C9H9BrO4. The van der Waals surface area contributed by atoms with Gasteiger partial charge in [0.05, 0.1) is 13.5 Å². The minimum absolute atomic E-state index is 0.0741. The molecule has 14 heavy (non-hydrogen) atoms. The fraction of sp³-hybridized carbons (Fsp3) is 0.222. The zero-order chi connectivity index (χ0) is 10.7. The number of phenols is 2. The van der Waals surface area contributed by atoms with Crippen LogP contribution in [0.1, 0.15) is 5.56 Å². The van der Waals surface area contributed by atoms with E-state index in [9.17, 15) is 15.0 Å². The molecule has 4 nitrogen and oxygen atoms in total. The van der Waals surface area contributed by atoms with Crippen LogP contribution in [0.2, 0.25) is 0 Å². The number of rotatable bonds is 2. The number of phenolic OH excluding ortho intramolecular Hbond substituents is 2. The second-order valence-corrected chi connectivity index (χ2v) is 3.60. The molecule has 1 aromatic carbocycles. The van der Waals surface area contributed by atoms with Crippen LogP contribution in [-0.2, 0) is 16.0 Å². The van der Waals surface area contributed by atoms with Gasteiger partial charge in [-0.1, -0.05) is 15.9 Å². The lowest BCUT2D eigenvalue weighted by molar-refractivity contribution is -0.139. The zero-order valence-corrected chi connectivity index (χ0v) is 9.04. The summed E-state index contributed by atoms with van der Waals surface area (Å²) in [6, 6.07) is 2.89. The highest BCUT2D eigenvalue weighted by molar-refractivity contribution is 9.10. The Morgan fingerprint density at radius 1 is 1.50 bits per heavy atom. The quantitative estimate of drug-likeness (QED) is 0.626. The van der Waals surface area contributed by atoms with Gasteiger partial charge in [-0.2, -0.15) is 0 Å². The topological polar surface area (TPSA) is 66.8 Å². The SMILES string of the molecule is COC(=O)Cc1cc(Br)cc(O)c1O. The molecule has 0 aromatic heterocycles. The Bertz CT molecular complexity index is 362. The molecule has 0 saturated carbocycles. The average molecular weight is 261 g/mol. The van der Waals surface area contributed by atoms with Gasteiger partial charge < -0.3 is 14.9 Å². The molecular weight excluding hydrogens is 252 g/mol. The van der Waals surface area contributed by atoms with Crippen molar-refractivity contribution in [1.29, 1.82) is 0 Å². The van der Waals surface area contributed by atoms with E-state index in [2.05, 4.69) is 20.7 Å². The largest absolute Gasteiger partial charge is 0.504 e. The minimum Gasteiger partial charge on any atom is -0.504 e. The molecule has 0 unspecified atom stereocenters. The van der Waals surface area contributed by atoms with E-state index < -0.39 is 5.97 Å². The maximum absolute atomic E-state index is 10.9. The number of aromatic hydroxyl groups is 2. The third kappa shape index (κ3) is 2.38. The summed E-state index contributed by atoms with van der Waals surface area (Å²) >= 11 is 3.14. The van der Waals surface area contributed by atoms with Crippen molar-refractivity contribution in [3.8, 4) is 11.5 Å². The normalized spacial score (nSPS) is 9.86. The molecule has 5 heteroatoms. The van der Waals surface area contributed by atoms with Crippen LogP contribution in [0.5, 0.6) is 11.5 Å². The van der Waals surface area contributed by atoms with E-state index in [4.69, 9.17) is 0 Å². The van der Waals surface area contributed by atoms with E-state index >= 15 is 0 Å². The van der Waals surface area contributed by atoms with Crippen LogP contribution in [0, 0.1) is 0 Å². The van der Waals surface area contributed by atoms with Crippen LogP contribution in [0.3, 0.4) is 0 Å². The fourth-order valence-electron chi connectivity index (χ4n) is 1.00. The number of esters is 1. The Hall–Kier alpha value is -1.23. The number of carbonyl (C=O) groups is 1. The second-order valence-electron chi connectivity index (χ2n) is 2.69. The molecule has 0 aliphatic rings. The van der Waals surface area contributed by atoms with Gasteiger partial charge in [0, 0.05) is 10.0 Å². The van der Waals surface area contributed by atoms with Gasteiger partial charge in [0.25, 0.3) is 0 Å². The van der Waals surface area contributed by atoms with E-state index in [0.717, 1.165) is 0 Å². The molecule has 0 aliphatic heterocycles. The van der Waals surface area contributed by atoms with Gasteiger partial charge in [0.2, 0.25) is 0 Å². The Kier molecular flexibility index (Phi) is 3.35. The molecule has 0 saturated heterocycles. The summed E-state index contributed by atoms with van der Waals surface area (Å²) in [6.07, 6.45) is -0.0741. The molecule has 1 aromatic rings. The third-order valence-electron chi connectivity index (χ3n) is 1.70. The predicted octanol–water partition coefficient (Wildman–Crippen LogP) is 1.58. The molecule has 1 rings (SSSR count). The summed E-state index contributed by atoms with van der Waals surface area (Å²) in [4.78, 5) is 10.9. The lowest BCUT2D eigenvalue weighted by Crippen LogP contribution is -2.04. The molecule has 0 radical (unpaired) electrons. The monoisotopic (exact) mass is 260 g/mol. The number of carbonyl (C=O) groups excluding carboxylic acids is 1. The molecule has 0 amide bonds. The summed E-state index contributed by atoms with van der Waals surface area (Å²) in [5.74, 6) is -1.03. The molecule has 76 valence electrons. The van der Waals surface area contributed by atoms with Gasteiger partial charge in [-0.3, -0.25) is 4.79 Å². The summed E-state index contributed by atoms with van der Waals surface area (Å²) in [7, 11) is 1.26. The maximum Gasteiger partial charge on any atom is 0.310 e. The molecule has 0 aliphatic carbocycles. The van der Waals surface area contributed by atoms with Crippen molar-refractivity contribution in [1.82, 2.24) is 0 Å². The van der Waals surface area contributed by atoms with E-state index in [-0.39, 0.29) is 17.9 Å². The Morgan fingerprint density at radius 2 is 2.14 bits per heavy atom. The lowest BCUT2D eigenvalue weighted by Gasteiger charge is -2.05. The van der Waals surface area contributed by atoms with E-state index in [1.807, 2.05) is 0 Å². The van der Waals surface area contributed by atoms with Crippen LogP contribution in [0.4, 0.5) is 0 Å². The van der Waals surface area contributed by atoms with Gasteiger partial charge in [-0.15, -0.1) is 0 Å². The van der Waals surface area contributed by atoms with Crippen LogP contribution in [0.15, 0.2) is 16.6 Å². The van der Waals surface area contributed by atoms with Gasteiger partial charge >= 0.3 is 5.97 Å². The van der Waals surface area contributed by atoms with Crippen LogP contribution >= 0.6 is 15.9 Å². The average Bonchev–Trinajstić information content (AvgIpc) is 2.13. The highest BCUT2D eigenvalue weighted by Crippen LogP contribution is 2.32. The second kappa shape index (κ2) is 4.32. The molecule has 0 spiro atoms. The predicted molar refractivity (Wildman–Crippen MR) is 53.2 cm³/mol. The Balaban J connectivity index is 3.02. The van der Waals surface area contributed by atoms with Crippen LogP contribution in [0.25, 0.3) is 0 Å². The smallest absolute Gasteiger partial charge is 0.310 e. The fourth-order valence-corrected chi connectivity index (χ4v) is 1.50. The molecule has 0 heterocycles. The zero-order valence-electron chi connectivity index (χ0n) is 7.45. The number of hydrogen-bond donors (Lipinski definition) is 2. The highest BCUT2D eigenvalue weighted by Gasteiger charge is 2.12. The van der Waals surface area contributed by atoms with Crippen molar-refractivity contribution in [3.05, 3.63) is 22.2 Å². The Labute approximate surface area is 89.3 Å². The summed E-state index contributed by atoms with van der Waals surface area (Å²) in [5, 5.41) is 18.6.